The van der Waals surface area contributed by atoms with Crippen LogP contribution in [0, 0.1) is 11.3 Å². The van der Waals surface area contributed by atoms with E-state index < -0.39 is 5.41 Å². The molecule has 7 heteroatoms. The quantitative estimate of drug-likeness (QED) is 0.428. The van der Waals surface area contributed by atoms with E-state index >= 15 is 0 Å². The summed E-state index contributed by atoms with van der Waals surface area (Å²) in [6, 6.07) is 5.93. The van der Waals surface area contributed by atoms with Gasteiger partial charge in [0.15, 0.2) is 11.5 Å². The smallest absolute Gasteiger partial charge is 0.248 e. The lowest BCUT2D eigenvalue weighted by atomic mass is 10.0. The molecule has 23 heavy (non-hydrogen) atoms. The van der Waals surface area contributed by atoms with Crippen molar-refractivity contribution in [3.05, 3.63) is 23.8 Å². The first-order valence-electron chi connectivity index (χ1n) is 7.42. The first-order valence-corrected chi connectivity index (χ1v) is 9.00. The third-order valence-corrected chi connectivity index (χ3v) is 6.56. The number of halogens is 2. The van der Waals surface area contributed by atoms with Gasteiger partial charge < -0.3 is 9.47 Å². The highest BCUT2D eigenvalue weighted by Gasteiger charge is 2.66. The lowest BCUT2D eigenvalue weighted by Crippen LogP contribution is -2.29. The normalized spacial score (nSPS) is 25.4. The second-order valence-electron chi connectivity index (χ2n) is 6.30. The number of alkyl halides is 2. The van der Waals surface area contributed by atoms with Crippen molar-refractivity contribution >= 4 is 44.0 Å². The van der Waals surface area contributed by atoms with Gasteiger partial charge in [0.2, 0.25) is 12.7 Å². The van der Waals surface area contributed by atoms with Gasteiger partial charge in [0, 0.05) is 6.21 Å². The lowest BCUT2D eigenvalue weighted by molar-refractivity contribution is -0.125. The molecular formula is C16H18Br2N2O3. The second-order valence-corrected chi connectivity index (χ2v) is 10.1. The van der Waals surface area contributed by atoms with Gasteiger partial charge in [-0.1, -0.05) is 44.8 Å². The van der Waals surface area contributed by atoms with Crippen LogP contribution >= 0.6 is 31.9 Å². The van der Waals surface area contributed by atoms with E-state index in [1.807, 2.05) is 25.1 Å². The highest BCUT2D eigenvalue weighted by molar-refractivity contribution is 9.25. The molecule has 1 aliphatic heterocycles. The predicted octanol–water partition coefficient (Wildman–Crippen LogP) is 3.59. The molecule has 1 heterocycles. The molecule has 0 saturated heterocycles. The van der Waals surface area contributed by atoms with E-state index in [1.165, 1.54) is 0 Å². The number of amides is 1. The minimum absolute atomic E-state index is 0.0854. The maximum atomic E-state index is 12.1. The Labute approximate surface area is 152 Å². The fourth-order valence-electron chi connectivity index (χ4n) is 2.49. The highest BCUT2D eigenvalue weighted by Crippen LogP contribution is 2.66. The van der Waals surface area contributed by atoms with Crippen LogP contribution in [0.2, 0.25) is 0 Å². The number of rotatable bonds is 5. The number of carbonyl (C=O) groups excluding carboxylic acids is 1. The van der Waals surface area contributed by atoms with Gasteiger partial charge in [-0.3, -0.25) is 4.79 Å². The van der Waals surface area contributed by atoms with Gasteiger partial charge in [-0.2, -0.15) is 5.10 Å². The molecule has 0 unspecified atom stereocenters. The molecule has 1 aromatic carbocycles. The molecule has 1 N–H and O–H groups in total. The molecule has 1 aliphatic carbocycles. The highest BCUT2D eigenvalue weighted by atomic mass is 79.9. The Morgan fingerprint density at radius 2 is 2.13 bits per heavy atom. The molecule has 0 bridgehead atoms. The molecule has 3 rings (SSSR count). The fraction of sp³-hybridized carbons (Fsp3) is 0.500. The minimum Gasteiger partial charge on any atom is -0.454 e. The molecule has 1 saturated carbocycles. The van der Waals surface area contributed by atoms with Crippen molar-refractivity contribution in [3.63, 3.8) is 0 Å². The molecule has 0 spiro atoms. The average molecular weight is 446 g/mol. The first kappa shape index (κ1) is 16.8. The summed E-state index contributed by atoms with van der Waals surface area (Å²) in [4.78, 5) is 12.1. The Morgan fingerprint density at radius 3 is 2.83 bits per heavy atom. The van der Waals surface area contributed by atoms with Gasteiger partial charge in [0.05, 0.1) is 8.65 Å². The molecule has 1 aromatic rings. The van der Waals surface area contributed by atoms with E-state index in [0.717, 1.165) is 29.9 Å². The van der Waals surface area contributed by atoms with Gasteiger partial charge in [-0.25, -0.2) is 5.43 Å². The van der Waals surface area contributed by atoms with Crippen molar-refractivity contribution in [2.24, 2.45) is 16.4 Å². The maximum absolute atomic E-state index is 12.1. The molecule has 0 radical (unpaired) electrons. The van der Waals surface area contributed by atoms with Crippen LogP contribution < -0.4 is 14.9 Å². The molecule has 2 atom stereocenters. The van der Waals surface area contributed by atoms with Gasteiger partial charge in [0.25, 0.3) is 0 Å². The summed E-state index contributed by atoms with van der Waals surface area (Å²) >= 11 is 6.96. The van der Waals surface area contributed by atoms with Crippen LogP contribution in [-0.4, -0.2) is 22.1 Å². The number of fused-ring (bicyclic) bond motifs is 1. The van der Waals surface area contributed by atoms with Crippen LogP contribution in [0.15, 0.2) is 23.3 Å². The Balaban J connectivity index is 1.51. The van der Waals surface area contributed by atoms with Crippen LogP contribution in [-0.2, 0) is 11.2 Å². The van der Waals surface area contributed by atoms with E-state index in [-0.39, 0.29) is 21.9 Å². The largest absolute Gasteiger partial charge is 0.454 e. The molecule has 0 aromatic heterocycles. The van der Waals surface area contributed by atoms with Crippen LogP contribution in [0.25, 0.3) is 0 Å². The van der Waals surface area contributed by atoms with Gasteiger partial charge >= 0.3 is 0 Å². The monoisotopic (exact) mass is 444 g/mol. The van der Waals surface area contributed by atoms with Gasteiger partial charge in [-0.05, 0) is 43.4 Å². The zero-order chi connectivity index (χ0) is 16.7. The Hall–Kier alpha value is -1.08. The van der Waals surface area contributed by atoms with Crippen molar-refractivity contribution in [1.82, 2.24) is 5.43 Å². The van der Waals surface area contributed by atoms with Crippen molar-refractivity contribution in [3.8, 4) is 11.5 Å². The molecule has 5 nitrogen and oxygen atoms in total. The summed E-state index contributed by atoms with van der Waals surface area (Å²) in [7, 11) is 0. The number of benzene rings is 1. The number of nitrogens with one attached hydrogen (secondary N) is 1. The molecule has 1 amide bonds. The van der Waals surface area contributed by atoms with E-state index in [2.05, 4.69) is 49.3 Å². The van der Waals surface area contributed by atoms with E-state index in [1.54, 1.807) is 6.21 Å². The Morgan fingerprint density at radius 1 is 1.43 bits per heavy atom. The van der Waals surface area contributed by atoms with Gasteiger partial charge in [-0.15, -0.1) is 0 Å². The number of ether oxygens (including phenoxy) is 2. The molecule has 124 valence electrons. The minimum atomic E-state index is -0.453. The third-order valence-electron chi connectivity index (χ3n) is 4.25. The third kappa shape index (κ3) is 3.40. The van der Waals surface area contributed by atoms with Crippen molar-refractivity contribution in [2.75, 3.05) is 6.79 Å². The number of carbonyl (C=O) groups is 1. The summed E-state index contributed by atoms with van der Waals surface area (Å²) in [5.41, 5.74) is 3.32. The lowest BCUT2D eigenvalue weighted by Gasteiger charge is -2.10. The molecule has 2 aliphatic rings. The van der Waals surface area contributed by atoms with E-state index in [9.17, 15) is 4.79 Å². The van der Waals surface area contributed by atoms with Crippen molar-refractivity contribution in [2.45, 2.75) is 29.9 Å². The Bertz CT molecular complexity index is 663. The SMILES string of the molecule is C[C@H](/C=N\NC(=O)[C@@]1(C)CC1(Br)Br)Cc1ccc2c(c1)OCO2. The van der Waals surface area contributed by atoms with Crippen LogP contribution in [0.3, 0.4) is 0 Å². The number of hydrazone groups is 1. The topological polar surface area (TPSA) is 59.9 Å². The first-order chi connectivity index (χ1) is 10.8. The summed E-state index contributed by atoms with van der Waals surface area (Å²) in [6.07, 6.45) is 3.32. The van der Waals surface area contributed by atoms with Crippen LogP contribution in [0.5, 0.6) is 11.5 Å². The van der Waals surface area contributed by atoms with Crippen molar-refractivity contribution < 1.29 is 14.3 Å². The predicted molar refractivity (Wildman–Crippen MR) is 95.4 cm³/mol. The standard InChI is InChI=1S/C16H18Br2N2O3/c1-10(5-11-3-4-12-13(6-11)23-9-22-12)7-19-20-14(21)15(2)8-16(15,17)18/h3-4,6-7,10H,5,8-9H2,1-2H3,(H,20,21)/b19-7-/t10-,15+/m0/s1. The number of hydrogen-bond donors (Lipinski definition) is 1. The molecular weight excluding hydrogens is 428 g/mol. The average Bonchev–Trinajstić information content (AvgIpc) is 2.85. The summed E-state index contributed by atoms with van der Waals surface area (Å²) in [5.74, 6) is 1.68. The number of hydrogen-bond acceptors (Lipinski definition) is 4. The van der Waals surface area contributed by atoms with Crippen LogP contribution in [0.1, 0.15) is 25.8 Å². The second kappa shape index (κ2) is 6.09. The zero-order valence-electron chi connectivity index (χ0n) is 12.9. The van der Waals surface area contributed by atoms with Crippen LogP contribution in [0.4, 0.5) is 0 Å². The van der Waals surface area contributed by atoms with E-state index in [0.29, 0.717) is 0 Å². The summed E-state index contributed by atoms with van der Waals surface area (Å²) < 4.78 is 10.4. The Kier molecular flexibility index (Phi) is 4.44. The summed E-state index contributed by atoms with van der Waals surface area (Å²) in [5, 5.41) is 4.09. The summed E-state index contributed by atoms with van der Waals surface area (Å²) in [6.45, 7) is 4.24. The molecule has 1 fully saturated rings. The van der Waals surface area contributed by atoms with E-state index in [4.69, 9.17) is 9.47 Å². The van der Waals surface area contributed by atoms with Crippen molar-refractivity contribution in [1.29, 1.82) is 0 Å². The zero-order valence-corrected chi connectivity index (χ0v) is 16.1. The van der Waals surface area contributed by atoms with Gasteiger partial charge in [0.1, 0.15) is 0 Å². The fourth-order valence-corrected chi connectivity index (χ4v) is 3.97. The number of nitrogens with zero attached hydrogens (tertiary/aromatic N) is 1. The maximum Gasteiger partial charge on any atom is 0.248 e.